The third-order valence-corrected chi connectivity index (χ3v) is 3.16. The zero-order valence-corrected chi connectivity index (χ0v) is 10.5. The first-order valence-electron chi connectivity index (χ1n) is 5.68. The molecule has 1 N–H and O–H groups in total. The van der Waals surface area contributed by atoms with Gasteiger partial charge in [0.2, 0.25) is 0 Å². The van der Waals surface area contributed by atoms with Gasteiger partial charge in [0.1, 0.15) is 0 Å². The average molecular weight is 261 g/mol. The van der Waals surface area contributed by atoms with Gasteiger partial charge in [0, 0.05) is 0 Å². The van der Waals surface area contributed by atoms with Gasteiger partial charge in [0.25, 0.3) is 0 Å². The number of rotatable bonds is 4. The Morgan fingerprint density at radius 1 is 1.11 bits per heavy atom. The van der Waals surface area contributed by atoms with E-state index in [2.05, 4.69) is 0 Å². The SMILES string of the molecule is O=C(O)c1cccc(C(Cl)Cc2ccccc2)c1. The monoisotopic (exact) mass is 260 g/mol. The summed E-state index contributed by atoms with van der Waals surface area (Å²) in [6, 6.07) is 16.7. The Hall–Kier alpha value is -1.80. The molecule has 0 aliphatic carbocycles. The van der Waals surface area contributed by atoms with E-state index in [0.29, 0.717) is 6.42 Å². The van der Waals surface area contributed by atoms with Gasteiger partial charge in [-0.15, -0.1) is 11.6 Å². The van der Waals surface area contributed by atoms with Crippen molar-refractivity contribution in [2.45, 2.75) is 11.8 Å². The summed E-state index contributed by atoms with van der Waals surface area (Å²) in [4.78, 5) is 10.9. The number of aromatic carboxylic acids is 1. The fourth-order valence-electron chi connectivity index (χ4n) is 1.81. The van der Waals surface area contributed by atoms with Crippen molar-refractivity contribution in [3.63, 3.8) is 0 Å². The second kappa shape index (κ2) is 5.69. The van der Waals surface area contributed by atoms with Gasteiger partial charge >= 0.3 is 5.97 Å². The highest BCUT2D eigenvalue weighted by molar-refractivity contribution is 6.21. The molecule has 0 heterocycles. The Morgan fingerprint density at radius 2 is 1.83 bits per heavy atom. The summed E-state index contributed by atoms with van der Waals surface area (Å²) in [6.07, 6.45) is 0.686. The van der Waals surface area contributed by atoms with E-state index in [4.69, 9.17) is 16.7 Å². The summed E-state index contributed by atoms with van der Waals surface area (Å²) < 4.78 is 0. The molecule has 2 rings (SSSR count). The van der Waals surface area contributed by atoms with Crippen LogP contribution in [0.1, 0.15) is 26.9 Å². The van der Waals surface area contributed by atoms with Crippen molar-refractivity contribution in [2.75, 3.05) is 0 Å². The van der Waals surface area contributed by atoms with Crippen LogP contribution in [-0.2, 0) is 6.42 Å². The van der Waals surface area contributed by atoms with Gasteiger partial charge in [-0.1, -0.05) is 42.5 Å². The Balaban J connectivity index is 2.16. The zero-order chi connectivity index (χ0) is 13.0. The Morgan fingerprint density at radius 3 is 2.50 bits per heavy atom. The molecule has 0 spiro atoms. The minimum Gasteiger partial charge on any atom is -0.478 e. The topological polar surface area (TPSA) is 37.3 Å². The van der Waals surface area contributed by atoms with Crippen LogP contribution in [0.15, 0.2) is 54.6 Å². The maximum atomic E-state index is 10.9. The van der Waals surface area contributed by atoms with Crippen LogP contribution in [0.5, 0.6) is 0 Å². The van der Waals surface area contributed by atoms with Crippen LogP contribution in [0, 0.1) is 0 Å². The number of hydrogen-bond donors (Lipinski definition) is 1. The molecule has 0 saturated carbocycles. The first kappa shape index (κ1) is 12.7. The lowest BCUT2D eigenvalue weighted by Gasteiger charge is -2.10. The van der Waals surface area contributed by atoms with Crippen molar-refractivity contribution in [1.29, 1.82) is 0 Å². The summed E-state index contributed by atoms with van der Waals surface area (Å²) in [5.74, 6) is -0.930. The number of carbonyl (C=O) groups is 1. The Kier molecular flexibility index (Phi) is 4.00. The molecule has 0 aliphatic heterocycles. The number of carboxylic acid groups (broad SMARTS) is 1. The van der Waals surface area contributed by atoms with Crippen molar-refractivity contribution in [2.24, 2.45) is 0 Å². The van der Waals surface area contributed by atoms with E-state index in [-0.39, 0.29) is 10.9 Å². The van der Waals surface area contributed by atoms with Gasteiger partial charge in [-0.05, 0) is 29.7 Å². The van der Waals surface area contributed by atoms with E-state index in [1.165, 1.54) is 0 Å². The molecule has 0 fully saturated rings. The van der Waals surface area contributed by atoms with Gasteiger partial charge in [0.15, 0.2) is 0 Å². The van der Waals surface area contributed by atoms with Crippen LogP contribution in [-0.4, -0.2) is 11.1 Å². The standard InChI is InChI=1S/C15H13ClO2/c16-14(9-11-5-2-1-3-6-11)12-7-4-8-13(10-12)15(17)18/h1-8,10,14H,9H2,(H,17,18). The number of carboxylic acids is 1. The van der Waals surface area contributed by atoms with Gasteiger partial charge in [-0.2, -0.15) is 0 Å². The van der Waals surface area contributed by atoms with Crippen LogP contribution in [0.25, 0.3) is 0 Å². The van der Waals surface area contributed by atoms with E-state index in [1.807, 2.05) is 36.4 Å². The Labute approximate surface area is 111 Å². The number of benzene rings is 2. The molecule has 2 aromatic carbocycles. The molecule has 3 heteroatoms. The number of alkyl halides is 1. The predicted octanol–water partition coefficient (Wildman–Crippen LogP) is 3.91. The summed E-state index contributed by atoms with van der Waals surface area (Å²) in [6.45, 7) is 0. The van der Waals surface area contributed by atoms with Crippen molar-refractivity contribution in [1.82, 2.24) is 0 Å². The smallest absolute Gasteiger partial charge is 0.335 e. The van der Waals surface area contributed by atoms with Crippen molar-refractivity contribution in [3.8, 4) is 0 Å². The zero-order valence-electron chi connectivity index (χ0n) is 9.71. The first-order chi connectivity index (χ1) is 8.66. The molecule has 1 unspecified atom stereocenters. The van der Waals surface area contributed by atoms with Gasteiger partial charge < -0.3 is 5.11 Å². The summed E-state index contributed by atoms with van der Waals surface area (Å²) >= 11 is 6.32. The molecule has 0 saturated heterocycles. The molecule has 0 bridgehead atoms. The highest BCUT2D eigenvalue weighted by Crippen LogP contribution is 2.25. The predicted molar refractivity (Wildman–Crippen MR) is 72.1 cm³/mol. The summed E-state index contributed by atoms with van der Waals surface area (Å²) in [5.41, 5.74) is 2.24. The Bertz CT molecular complexity index is 537. The highest BCUT2D eigenvalue weighted by atomic mass is 35.5. The fourth-order valence-corrected chi connectivity index (χ4v) is 2.12. The van der Waals surface area contributed by atoms with Crippen LogP contribution in [0.3, 0.4) is 0 Å². The second-order valence-electron chi connectivity index (χ2n) is 4.09. The first-order valence-corrected chi connectivity index (χ1v) is 6.11. The van der Waals surface area contributed by atoms with Crippen molar-refractivity contribution >= 4 is 17.6 Å². The molecule has 92 valence electrons. The minimum atomic E-state index is -0.930. The third kappa shape index (κ3) is 3.11. The van der Waals surface area contributed by atoms with Crippen molar-refractivity contribution < 1.29 is 9.90 Å². The van der Waals surface area contributed by atoms with E-state index in [0.717, 1.165) is 11.1 Å². The van der Waals surface area contributed by atoms with Crippen LogP contribution in [0.2, 0.25) is 0 Å². The van der Waals surface area contributed by atoms with Crippen molar-refractivity contribution in [3.05, 3.63) is 71.3 Å². The fraction of sp³-hybridized carbons (Fsp3) is 0.133. The van der Waals surface area contributed by atoms with E-state index < -0.39 is 5.97 Å². The average Bonchev–Trinajstić information content (AvgIpc) is 2.40. The number of halogens is 1. The lowest BCUT2D eigenvalue weighted by Crippen LogP contribution is -2.00. The lowest BCUT2D eigenvalue weighted by atomic mass is 10.0. The molecule has 0 aliphatic rings. The van der Waals surface area contributed by atoms with Crippen LogP contribution < -0.4 is 0 Å². The molecule has 2 aromatic rings. The molecule has 0 amide bonds. The minimum absolute atomic E-state index is 0.216. The largest absolute Gasteiger partial charge is 0.478 e. The third-order valence-electron chi connectivity index (χ3n) is 2.75. The second-order valence-corrected chi connectivity index (χ2v) is 4.61. The molecule has 0 aromatic heterocycles. The molecule has 2 nitrogen and oxygen atoms in total. The molecule has 0 radical (unpaired) electrons. The van der Waals surface area contributed by atoms with Crippen LogP contribution >= 0.6 is 11.6 Å². The summed E-state index contributed by atoms with van der Waals surface area (Å²) in [5, 5.41) is 8.72. The van der Waals surface area contributed by atoms with Gasteiger partial charge in [0.05, 0.1) is 10.9 Å². The molecular weight excluding hydrogens is 248 g/mol. The molecule has 18 heavy (non-hydrogen) atoms. The highest BCUT2D eigenvalue weighted by Gasteiger charge is 2.11. The lowest BCUT2D eigenvalue weighted by molar-refractivity contribution is 0.0697. The van der Waals surface area contributed by atoms with E-state index in [1.54, 1.807) is 18.2 Å². The maximum Gasteiger partial charge on any atom is 0.335 e. The number of hydrogen-bond acceptors (Lipinski definition) is 1. The maximum absolute atomic E-state index is 10.9. The molecule has 1 atom stereocenters. The quantitative estimate of drug-likeness (QED) is 0.847. The normalized spacial score (nSPS) is 12.1. The molecular formula is C15H13ClO2. The van der Waals surface area contributed by atoms with Crippen LogP contribution in [0.4, 0.5) is 0 Å². The van der Waals surface area contributed by atoms with Gasteiger partial charge in [-0.3, -0.25) is 0 Å². The van der Waals surface area contributed by atoms with E-state index in [9.17, 15) is 4.79 Å². The van der Waals surface area contributed by atoms with E-state index >= 15 is 0 Å². The van der Waals surface area contributed by atoms with Gasteiger partial charge in [-0.25, -0.2) is 4.79 Å². The summed E-state index contributed by atoms with van der Waals surface area (Å²) in [7, 11) is 0.